The van der Waals surface area contributed by atoms with Gasteiger partial charge in [-0.1, -0.05) is 0 Å². The minimum Gasteiger partial charge on any atom is -0.394 e. The maximum absolute atomic E-state index is 12.3. The minimum atomic E-state index is -1.92. The van der Waals surface area contributed by atoms with Crippen LogP contribution >= 0.6 is 0 Å². The molecule has 1 unspecified atom stereocenters. The first-order chi connectivity index (χ1) is 25.2. The number of hydrogen-bond acceptors (Lipinski definition) is 21. The monoisotopic (exact) mass is 772 g/mol. The Balaban J connectivity index is 1.30. The Morgan fingerprint density at radius 3 is 1.79 bits per heavy atom. The number of amides is 3. The molecule has 4 aliphatic rings. The van der Waals surface area contributed by atoms with E-state index in [-0.39, 0.29) is 51.7 Å². The zero-order valence-corrected chi connectivity index (χ0v) is 28.3. The van der Waals surface area contributed by atoms with E-state index >= 15 is 0 Å². The molecule has 0 spiro atoms. The highest BCUT2D eigenvalue weighted by Crippen LogP contribution is 2.31. The van der Waals surface area contributed by atoms with Gasteiger partial charge in [0.05, 0.1) is 26.4 Å². The maximum atomic E-state index is 12.3. The lowest BCUT2D eigenvalue weighted by Gasteiger charge is -2.46. The molecule has 4 aliphatic heterocycles. The van der Waals surface area contributed by atoms with Gasteiger partial charge in [-0.05, 0) is 12.8 Å². The first kappa shape index (κ1) is 43.2. The third-order valence-corrected chi connectivity index (χ3v) is 8.99. The number of aliphatic hydroxyl groups is 10. The molecule has 0 bridgehead atoms. The topological polar surface area (TPSA) is 350 Å². The van der Waals surface area contributed by atoms with Gasteiger partial charge in [0.25, 0.3) is 11.8 Å². The summed E-state index contributed by atoms with van der Waals surface area (Å²) in [5.74, 6) is -2.46. The maximum Gasteiger partial charge on any atom is 0.333 e. The predicted octanol–water partition coefficient (Wildman–Crippen LogP) is -7.26. The van der Waals surface area contributed by atoms with E-state index in [4.69, 9.17) is 33.3 Å². The van der Waals surface area contributed by atoms with Crippen molar-refractivity contribution in [1.29, 1.82) is 0 Å². The molecule has 23 heteroatoms. The molecule has 0 aromatic rings. The highest BCUT2D eigenvalue weighted by molar-refractivity contribution is 6.01. The van der Waals surface area contributed by atoms with Crippen molar-refractivity contribution in [2.45, 2.75) is 131 Å². The van der Waals surface area contributed by atoms with Gasteiger partial charge in [-0.25, -0.2) is 4.79 Å². The Morgan fingerprint density at radius 2 is 1.19 bits per heavy atom. The first-order valence-corrected chi connectivity index (χ1v) is 17.0. The van der Waals surface area contributed by atoms with Crippen LogP contribution in [0.2, 0.25) is 0 Å². The molecule has 4 fully saturated rings. The molecule has 15 atom stereocenters. The zero-order chi connectivity index (χ0) is 39.0. The quantitative estimate of drug-likeness (QED) is 0.0483. The molecule has 3 amide bonds. The first-order valence-electron chi connectivity index (χ1n) is 17.0. The number of unbranched alkanes of at least 4 members (excludes halogenated alkanes) is 1. The van der Waals surface area contributed by atoms with Crippen LogP contribution in [0.3, 0.4) is 0 Å². The molecule has 53 heavy (non-hydrogen) atoms. The van der Waals surface area contributed by atoms with Gasteiger partial charge in [-0.2, -0.15) is 0 Å². The van der Waals surface area contributed by atoms with Crippen LogP contribution in [0.4, 0.5) is 0 Å². The Morgan fingerprint density at radius 1 is 0.660 bits per heavy atom. The molecule has 0 aliphatic carbocycles. The smallest absolute Gasteiger partial charge is 0.333 e. The average molecular weight is 773 g/mol. The second-order valence-electron chi connectivity index (χ2n) is 12.8. The average Bonchev–Trinajstić information content (AvgIpc) is 3.45. The number of ether oxygens (including phenoxy) is 6. The summed E-state index contributed by atoms with van der Waals surface area (Å²) in [6, 6.07) is 0. The summed E-state index contributed by atoms with van der Waals surface area (Å²) in [6.45, 7) is -2.62. The number of carbonyl (C=O) groups is 4. The van der Waals surface area contributed by atoms with Crippen molar-refractivity contribution in [3.05, 3.63) is 0 Å². The lowest BCUT2D eigenvalue weighted by atomic mass is 9.96. The van der Waals surface area contributed by atoms with Crippen molar-refractivity contribution >= 4 is 23.7 Å². The van der Waals surface area contributed by atoms with Crippen LogP contribution in [-0.2, 0) is 52.4 Å². The highest BCUT2D eigenvalue weighted by atomic mass is 16.8. The van der Waals surface area contributed by atoms with Gasteiger partial charge in [0.2, 0.25) is 5.91 Å². The van der Waals surface area contributed by atoms with Gasteiger partial charge < -0.3 is 89.6 Å². The van der Waals surface area contributed by atoms with Crippen molar-refractivity contribution < 1.29 is 104 Å². The number of hydroxylamine groups is 2. The molecule has 0 saturated carbocycles. The number of imide groups is 1. The summed E-state index contributed by atoms with van der Waals surface area (Å²) in [7, 11) is 0. The van der Waals surface area contributed by atoms with E-state index in [0.29, 0.717) is 5.06 Å². The molecular formula is C30H48N2O21. The van der Waals surface area contributed by atoms with Crippen LogP contribution in [0.15, 0.2) is 0 Å². The number of hydrogen-bond donors (Lipinski definition) is 11. The van der Waals surface area contributed by atoms with Crippen LogP contribution in [0.25, 0.3) is 0 Å². The third kappa shape index (κ3) is 10.8. The lowest BCUT2D eigenvalue weighted by Crippen LogP contribution is -2.65. The highest BCUT2D eigenvalue weighted by Gasteiger charge is 2.52. The molecular weight excluding hydrogens is 724 g/mol. The summed E-state index contributed by atoms with van der Waals surface area (Å²) in [4.78, 5) is 52.1. The fourth-order valence-corrected chi connectivity index (χ4v) is 5.88. The lowest BCUT2D eigenvalue weighted by molar-refractivity contribution is -0.366. The number of nitrogens with one attached hydrogen (secondary N) is 1. The van der Waals surface area contributed by atoms with E-state index in [9.17, 15) is 70.2 Å². The van der Waals surface area contributed by atoms with Crippen molar-refractivity contribution in [3.63, 3.8) is 0 Å². The van der Waals surface area contributed by atoms with Gasteiger partial charge in [0, 0.05) is 32.2 Å². The summed E-state index contributed by atoms with van der Waals surface area (Å²) < 4.78 is 33.0. The minimum absolute atomic E-state index is 0.0179. The standard InChI is InChI=1S/C30H48N2O21/c33-9-12-19(39)22(42)24(44)28(49-12)48-11-14-21(41)27(52-30-25(45)23(43)20(40)13(10-34)50-30)26(46)29(51-14)47-8-7-31-15(35)3-1-2-4-18(38)53-32-16(36)5-6-17(32)37/h12-14,19-30,33-34,39-46H,1-11H2,(H,31,35)/t12-,13-,14-,19-,20-,21-,22+,23+,24+,25+,26-,27+,28?,29-,30-/m1/s1. The van der Waals surface area contributed by atoms with Crippen molar-refractivity contribution in [1.82, 2.24) is 10.4 Å². The second kappa shape index (κ2) is 19.9. The Hall–Kier alpha value is -2.56. The number of rotatable bonds is 17. The van der Waals surface area contributed by atoms with Gasteiger partial charge in [-0.15, -0.1) is 5.06 Å². The molecule has 23 nitrogen and oxygen atoms in total. The summed E-state index contributed by atoms with van der Waals surface area (Å²) in [6.07, 6.45) is -25.2. The predicted molar refractivity (Wildman–Crippen MR) is 164 cm³/mol. The van der Waals surface area contributed by atoms with Gasteiger partial charge in [0.15, 0.2) is 18.9 Å². The normalized spacial score (nSPS) is 39.3. The molecule has 4 saturated heterocycles. The molecule has 0 aromatic heterocycles. The largest absolute Gasteiger partial charge is 0.394 e. The van der Waals surface area contributed by atoms with Crippen LogP contribution < -0.4 is 5.32 Å². The van der Waals surface area contributed by atoms with Crippen LogP contribution in [0, 0.1) is 0 Å². The molecule has 4 heterocycles. The van der Waals surface area contributed by atoms with E-state index in [1.807, 2.05) is 0 Å². The van der Waals surface area contributed by atoms with E-state index in [0.717, 1.165) is 0 Å². The summed E-state index contributed by atoms with van der Waals surface area (Å²) >= 11 is 0. The summed E-state index contributed by atoms with van der Waals surface area (Å²) in [5, 5.41) is 105. The van der Waals surface area contributed by atoms with Crippen molar-refractivity contribution in [2.24, 2.45) is 0 Å². The SMILES string of the molecule is O=C(CCCCC(=O)ON1C(=O)CCC1=O)NCCO[C@@H]1O[C@H](COC2O[C@H](CO)[C@@H](O)[C@H](O)[C@@H]2O)[C@@H](O)[C@H](O[C@H]2O[C@H](CO)[C@@H](O)[C@H](O)[C@@H]2O)[C@H]1O. The van der Waals surface area contributed by atoms with Gasteiger partial charge >= 0.3 is 5.97 Å². The van der Waals surface area contributed by atoms with Crippen molar-refractivity contribution in [2.75, 3.05) is 33.0 Å². The van der Waals surface area contributed by atoms with Gasteiger partial charge in [0.1, 0.15) is 73.2 Å². The van der Waals surface area contributed by atoms with Crippen molar-refractivity contribution in [3.8, 4) is 0 Å². The molecule has 0 aromatic carbocycles. The number of aliphatic hydroxyl groups excluding tert-OH is 10. The molecule has 4 rings (SSSR count). The second-order valence-corrected chi connectivity index (χ2v) is 12.8. The van der Waals surface area contributed by atoms with Crippen LogP contribution in [-0.4, -0.2) is 205 Å². The zero-order valence-electron chi connectivity index (χ0n) is 28.3. The van der Waals surface area contributed by atoms with E-state index < -0.39 is 136 Å². The number of nitrogens with zero attached hydrogens (tertiary/aromatic N) is 1. The van der Waals surface area contributed by atoms with E-state index in [1.54, 1.807) is 0 Å². The Labute approximate surface area is 301 Å². The fourth-order valence-electron chi connectivity index (χ4n) is 5.88. The van der Waals surface area contributed by atoms with Crippen LogP contribution in [0.5, 0.6) is 0 Å². The van der Waals surface area contributed by atoms with Gasteiger partial charge in [-0.3, -0.25) is 14.4 Å². The summed E-state index contributed by atoms with van der Waals surface area (Å²) in [5.41, 5.74) is 0. The molecule has 11 N–H and O–H groups in total. The third-order valence-electron chi connectivity index (χ3n) is 8.99. The molecule has 0 radical (unpaired) electrons. The Kier molecular flexibility index (Phi) is 16.2. The van der Waals surface area contributed by atoms with Crippen LogP contribution in [0.1, 0.15) is 38.5 Å². The Bertz CT molecular complexity index is 1210. The fraction of sp³-hybridized carbons (Fsp3) is 0.867. The van der Waals surface area contributed by atoms with E-state index in [1.165, 1.54) is 0 Å². The number of carbonyl (C=O) groups excluding carboxylic acids is 4. The van der Waals surface area contributed by atoms with E-state index in [2.05, 4.69) is 5.32 Å². The molecule has 304 valence electrons.